The van der Waals surface area contributed by atoms with E-state index >= 15 is 0 Å². The Kier molecular flexibility index (Phi) is 6.36. The molecule has 0 aliphatic rings. The zero-order chi connectivity index (χ0) is 15.2. The highest BCUT2D eigenvalue weighted by Gasteiger charge is 2.21. The number of aromatic nitrogens is 2. The van der Waals surface area contributed by atoms with Crippen LogP contribution in [0.4, 0.5) is 0 Å². The van der Waals surface area contributed by atoms with Crippen LogP contribution < -0.4 is 10.1 Å². The fourth-order valence-electron chi connectivity index (χ4n) is 1.41. The number of ether oxygens (including phenoxy) is 1. The summed E-state index contributed by atoms with van der Waals surface area (Å²) in [6, 6.07) is 0. The van der Waals surface area contributed by atoms with E-state index in [0.29, 0.717) is 18.4 Å². The van der Waals surface area contributed by atoms with Gasteiger partial charge in [-0.05, 0) is 40.4 Å². The summed E-state index contributed by atoms with van der Waals surface area (Å²) < 4.78 is 5.76. The van der Waals surface area contributed by atoms with Crippen LogP contribution in [0.2, 0.25) is 0 Å². The first-order valence-electron chi connectivity index (χ1n) is 7.13. The number of hydrogen-bond donors (Lipinski definition) is 1. The van der Waals surface area contributed by atoms with Crippen molar-refractivity contribution in [1.29, 1.82) is 0 Å². The summed E-state index contributed by atoms with van der Waals surface area (Å²) >= 11 is 0. The quantitative estimate of drug-likeness (QED) is 0.788. The number of nitrogens with one attached hydrogen (secondary N) is 1. The van der Waals surface area contributed by atoms with Gasteiger partial charge in [-0.15, -0.1) is 0 Å². The van der Waals surface area contributed by atoms with E-state index in [4.69, 9.17) is 4.74 Å². The van der Waals surface area contributed by atoms with Crippen LogP contribution in [0.3, 0.4) is 0 Å². The molecule has 0 saturated heterocycles. The van der Waals surface area contributed by atoms with Crippen molar-refractivity contribution in [1.82, 2.24) is 20.2 Å². The topological polar surface area (TPSA) is 50.3 Å². The lowest BCUT2D eigenvalue weighted by atomic mass is 10.1. The SMILES string of the molecule is CC(C)CNCc1cncc(OCC(C)(C)N(C)C)n1. The molecule has 1 heterocycles. The standard InChI is InChI=1S/C15H28N4O/c1-12(2)7-16-8-13-9-17-10-14(18-13)20-11-15(3,4)19(5)6/h9-10,12,16H,7-8,11H2,1-6H3. The Morgan fingerprint density at radius 2 is 2.00 bits per heavy atom. The first kappa shape index (κ1) is 16.9. The smallest absolute Gasteiger partial charge is 0.232 e. The third kappa shape index (κ3) is 5.84. The van der Waals surface area contributed by atoms with E-state index in [1.807, 2.05) is 14.1 Å². The van der Waals surface area contributed by atoms with Crippen LogP contribution in [0.5, 0.6) is 5.88 Å². The zero-order valence-electron chi connectivity index (χ0n) is 13.6. The van der Waals surface area contributed by atoms with Crippen LogP contribution in [0.25, 0.3) is 0 Å². The average Bonchev–Trinajstić information content (AvgIpc) is 2.36. The highest BCUT2D eigenvalue weighted by Crippen LogP contribution is 2.13. The molecule has 0 aromatic carbocycles. The number of likely N-dealkylation sites (N-methyl/N-ethyl adjacent to an activating group) is 1. The molecule has 0 spiro atoms. The van der Waals surface area contributed by atoms with Crippen molar-refractivity contribution in [2.45, 2.75) is 39.8 Å². The molecule has 1 aromatic heterocycles. The molecule has 0 aliphatic heterocycles. The Balaban J connectivity index is 2.51. The molecule has 0 bridgehead atoms. The van der Waals surface area contributed by atoms with Crippen molar-refractivity contribution < 1.29 is 4.74 Å². The summed E-state index contributed by atoms with van der Waals surface area (Å²) in [5.41, 5.74) is 0.874. The van der Waals surface area contributed by atoms with E-state index in [0.717, 1.165) is 18.8 Å². The fraction of sp³-hybridized carbons (Fsp3) is 0.733. The predicted octanol–water partition coefficient (Wildman–Crippen LogP) is 1.94. The third-order valence-corrected chi connectivity index (χ3v) is 3.30. The minimum absolute atomic E-state index is 0.0341. The van der Waals surface area contributed by atoms with Gasteiger partial charge in [0.15, 0.2) is 0 Å². The van der Waals surface area contributed by atoms with E-state index in [1.165, 1.54) is 0 Å². The Bertz CT molecular complexity index is 405. The van der Waals surface area contributed by atoms with Crippen molar-refractivity contribution in [3.63, 3.8) is 0 Å². The maximum Gasteiger partial charge on any atom is 0.232 e. The van der Waals surface area contributed by atoms with Gasteiger partial charge in [0.25, 0.3) is 0 Å². The molecular weight excluding hydrogens is 252 g/mol. The van der Waals surface area contributed by atoms with Gasteiger partial charge in [0, 0.05) is 18.3 Å². The Morgan fingerprint density at radius 3 is 2.60 bits per heavy atom. The first-order chi connectivity index (χ1) is 9.31. The minimum atomic E-state index is -0.0341. The largest absolute Gasteiger partial charge is 0.475 e. The van der Waals surface area contributed by atoms with Gasteiger partial charge in [-0.1, -0.05) is 13.8 Å². The Morgan fingerprint density at radius 1 is 1.30 bits per heavy atom. The highest BCUT2D eigenvalue weighted by molar-refractivity contribution is 5.08. The third-order valence-electron chi connectivity index (χ3n) is 3.30. The van der Waals surface area contributed by atoms with Crippen molar-refractivity contribution in [3.8, 4) is 5.88 Å². The van der Waals surface area contributed by atoms with Crippen molar-refractivity contribution in [2.24, 2.45) is 5.92 Å². The van der Waals surface area contributed by atoms with Gasteiger partial charge in [-0.3, -0.25) is 4.98 Å². The van der Waals surface area contributed by atoms with Gasteiger partial charge < -0.3 is 15.0 Å². The highest BCUT2D eigenvalue weighted by atomic mass is 16.5. The monoisotopic (exact) mass is 280 g/mol. The van der Waals surface area contributed by atoms with Crippen LogP contribution in [-0.2, 0) is 6.54 Å². The maximum atomic E-state index is 5.76. The summed E-state index contributed by atoms with van der Waals surface area (Å²) in [4.78, 5) is 10.8. The van der Waals surface area contributed by atoms with Crippen LogP contribution in [0.1, 0.15) is 33.4 Å². The number of rotatable bonds is 8. The molecule has 0 saturated carbocycles. The summed E-state index contributed by atoms with van der Waals surface area (Å²) in [6.07, 6.45) is 3.44. The van der Waals surface area contributed by atoms with Gasteiger partial charge in [0.05, 0.1) is 11.9 Å². The summed E-state index contributed by atoms with van der Waals surface area (Å²) in [6.45, 7) is 10.9. The lowest BCUT2D eigenvalue weighted by Crippen LogP contribution is -2.43. The lowest BCUT2D eigenvalue weighted by molar-refractivity contribution is 0.110. The van der Waals surface area contributed by atoms with Gasteiger partial charge >= 0.3 is 0 Å². The molecule has 0 aliphatic carbocycles. The summed E-state index contributed by atoms with van der Waals surface area (Å²) in [5, 5.41) is 3.35. The van der Waals surface area contributed by atoms with Gasteiger partial charge in [-0.2, -0.15) is 0 Å². The van der Waals surface area contributed by atoms with E-state index < -0.39 is 0 Å². The van der Waals surface area contributed by atoms with Gasteiger partial charge in [0.2, 0.25) is 5.88 Å². The second kappa shape index (κ2) is 7.55. The van der Waals surface area contributed by atoms with Crippen LogP contribution in [0.15, 0.2) is 12.4 Å². The average molecular weight is 280 g/mol. The fourth-order valence-corrected chi connectivity index (χ4v) is 1.41. The van der Waals surface area contributed by atoms with E-state index in [9.17, 15) is 0 Å². The first-order valence-corrected chi connectivity index (χ1v) is 7.13. The molecule has 20 heavy (non-hydrogen) atoms. The number of hydrogen-bond acceptors (Lipinski definition) is 5. The van der Waals surface area contributed by atoms with Crippen molar-refractivity contribution in [3.05, 3.63) is 18.1 Å². The second-order valence-electron chi connectivity index (χ2n) is 6.37. The molecule has 0 fully saturated rings. The molecule has 114 valence electrons. The molecule has 0 unspecified atom stereocenters. The second-order valence-corrected chi connectivity index (χ2v) is 6.37. The van der Waals surface area contributed by atoms with Gasteiger partial charge in [0.1, 0.15) is 6.61 Å². The van der Waals surface area contributed by atoms with Crippen molar-refractivity contribution >= 4 is 0 Å². The Hall–Kier alpha value is -1.20. The summed E-state index contributed by atoms with van der Waals surface area (Å²) in [5.74, 6) is 1.21. The van der Waals surface area contributed by atoms with Crippen LogP contribution in [0, 0.1) is 5.92 Å². The molecule has 1 rings (SSSR count). The minimum Gasteiger partial charge on any atom is -0.475 e. The maximum absolute atomic E-state index is 5.76. The summed E-state index contributed by atoms with van der Waals surface area (Å²) in [7, 11) is 4.09. The molecule has 1 aromatic rings. The molecule has 0 amide bonds. The van der Waals surface area contributed by atoms with Crippen LogP contribution >= 0.6 is 0 Å². The van der Waals surface area contributed by atoms with E-state index in [2.05, 4.69) is 47.9 Å². The molecule has 0 radical (unpaired) electrons. The lowest BCUT2D eigenvalue weighted by Gasteiger charge is -2.31. The zero-order valence-corrected chi connectivity index (χ0v) is 13.6. The molecule has 1 N–H and O–H groups in total. The van der Waals surface area contributed by atoms with Crippen molar-refractivity contribution in [2.75, 3.05) is 27.2 Å². The molecular formula is C15H28N4O. The molecule has 5 nitrogen and oxygen atoms in total. The normalized spacial score (nSPS) is 12.2. The van der Waals surface area contributed by atoms with E-state index in [1.54, 1.807) is 12.4 Å². The van der Waals surface area contributed by atoms with Gasteiger partial charge in [-0.25, -0.2) is 4.98 Å². The van der Waals surface area contributed by atoms with Crippen LogP contribution in [-0.4, -0.2) is 47.7 Å². The predicted molar refractivity (Wildman–Crippen MR) is 81.8 cm³/mol. The molecule has 5 heteroatoms. The Labute approximate surface area is 122 Å². The van der Waals surface area contributed by atoms with E-state index in [-0.39, 0.29) is 5.54 Å². The molecule has 0 atom stereocenters. The number of nitrogens with zero attached hydrogens (tertiary/aromatic N) is 3.